The van der Waals surface area contributed by atoms with Crippen LogP contribution in [0.1, 0.15) is 45.9 Å². The lowest BCUT2D eigenvalue weighted by molar-refractivity contribution is -0.121. The summed E-state index contributed by atoms with van der Waals surface area (Å²) in [5.41, 5.74) is 5.70. The Morgan fingerprint density at radius 2 is 2.21 bits per heavy atom. The number of primary amides is 1. The van der Waals surface area contributed by atoms with E-state index in [1.165, 1.54) is 11.1 Å². The summed E-state index contributed by atoms with van der Waals surface area (Å²) in [6.45, 7) is -12.0. The number of hydrogen-bond donors (Lipinski definition) is 2. The van der Waals surface area contributed by atoms with Crippen molar-refractivity contribution in [2.45, 2.75) is 39.5 Å². The maximum absolute atomic E-state index is 12.7. The first-order chi connectivity index (χ1) is 17.3. The van der Waals surface area contributed by atoms with Crippen molar-refractivity contribution in [1.29, 1.82) is 0 Å². The minimum atomic E-state index is -3.49. The maximum atomic E-state index is 12.7. The number of amides is 3. The van der Waals surface area contributed by atoms with Crippen LogP contribution in [0.5, 0.6) is 0 Å². The van der Waals surface area contributed by atoms with Gasteiger partial charge in [0.1, 0.15) is 17.6 Å². The van der Waals surface area contributed by atoms with E-state index in [9.17, 15) is 9.59 Å². The van der Waals surface area contributed by atoms with Crippen molar-refractivity contribution in [1.82, 2.24) is 19.9 Å². The number of hydrogen-bond acceptors (Lipinski definition) is 7. The van der Waals surface area contributed by atoms with Gasteiger partial charge < -0.3 is 15.5 Å². The zero-order valence-corrected chi connectivity index (χ0v) is 15.7. The van der Waals surface area contributed by atoms with Gasteiger partial charge in [-0.05, 0) is 33.5 Å². The molecule has 1 aliphatic rings. The molecule has 2 aromatic rings. The Labute approximate surface area is 182 Å². The Kier molecular flexibility index (Phi) is 3.25. The number of urea groups is 1. The van der Waals surface area contributed by atoms with Crippen LogP contribution in [0.4, 0.5) is 15.7 Å². The smallest absolute Gasteiger partial charge is 0.324 e. The SMILES string of the molecule is [2H]C([2H])([2H])C([2H])([2H])N(c1cncc(-c2sc(NC(=O)N3CCC[C@H]3C(N)=O)nc2C)n1)C([2H])([2H])C([2H])([2H])[2H]. The monoisotopic (exact) mass is 413 g/mol. The van der Waals surface area contributed by atoms with Gasteiger partial charge >= 0.3 is 6.03 Å². The van der Waals surface area contributed by atoms with Crippen molar-refractivity contribution < 1.29 is 23.3 Å². The third kappa shape index (κ3) is 4.06. The Morgan fingerprint density at radius 3 is 2.93 bits per heavy atom. The summed E-state index contributed by atoms with van der Waals surface area (Å²) >= 11 is 0.939. The number of anilines is 2. The van der Waals surface area contributed by atoms with Crippen LogP contribution in [0, 0.1) is 6.92 Å². The fraction of sp³-hybridized carbons (Fsp3) is 0.500. The van der Waals surface area contributed by atoms with Crippen molar-refractivity contribution in [2.24, 2.45) is 5.73 Å². The Bertz CT molecular complexity index is 1190. The average Bonchev–Trinajstić information content (AvgIpc) is 3.39. The molecular weight excluding hydrogens is 378 g/mol. The number of carbonyl (C=O) groups is 2. The number of aromatic nitrogens is 3. The van der Waals surface area contributed by atoms with Gasteiger partial charge in [0.25, 0.3) is 0 Å². The highest BCUT2D eigenvalue weighted by molar-refractivity contribution is 7.19. The summed E-state index contributed by atoms with van der Waals surface area (Å²) in [6.07, 6.45) is 3.12. The first-order valence-corrected chi connectivity index (χ1v) is 9.08. The second-order valence-corrected chi connectivity index (χ2v) is 6.94. The van der Waals surface area contributed by atoms with E-state index in [0.717, 1.165) is 17.5 Å². The fourth-order valence-electron chi connectivity index (χ4n) is 2.87. The third-order valence-corrected chi connectivity index (χ3v) is 5.26. The highest BCUT2D eigenvalue weighted by atomic mass is 32.1. The molecule has 0 unspecified atom stereocenters. The number of thiazole rings is 1. The molecule has 3 heterocycles. The van der Waals surface area contributed by atoms with Gasteiger partial charge in [-0.2, -0.15) is 0 Å². The lowest BCUT2D eigenvalue weighted by Crippen LogP contribution is -2.45. The minimum Gasteiger partial charge on any atom is -0.368 e. The summed E-state index contributed by atoms with van der Waals surface area (Å²) < 4.78 is 77.9. The van der Waals surface area contributed by atoms with E-state index in [1.807, 2.05) is 0 Å². The molecule has 1 saturated heterocycles. The quantitative estimate of drug-likeness (QED) is 0.750. The molecule has 0 bridgehead atoms. The standard InChI is InChI=1S/C18H25N7O2S/c1-4-24(5-2)14-10-20-9-12(22-14)15-11(3)21-17(28-15)23-18(27)25-8-6-7-13(25)16(19)26/h9-10,13H,4-8H2,1-3H3,(H2,19,26)(H,21,23,27)/t13-/m0/s1/i1D3,2D3,4D2,5D2. The zero-order valence-electron chi connectivity index (χ0n) is 24.9. The Morgan fingerprint density at radius 1 is 1.43 bits per heavy atom. The van der Waals surface area contributed by atoms with Gasteiger partial charge in [-0.15, -0.1) is 0 Å². The normalized spacial score (nSPS) is 23.5. The molecule has 0 saturated carbocycles. The molecule has 0 aromatic carbocycles. The van der Waals surface area contributed by atoms with E-state index in [-0.39, 0.29) is 15.7 Å². The summed E-state index contributed by atoms with van der Waals surface area (Å²) in [7, 11) is 0. The topological polar surface area (TPSA) is 117 Å². The predicted octanol–water partition coefficient (Wildman–Crippen LogP) is 2.24. The second-order valence-electron chi connectivity index (χ2n) is 5.94. The molecule has 0 spiro atoms. The van der Waals surface area contributed by atoms with Crippen LogP contribution in [0.15, 0.2) is 12.4 Å². The van der Waals surface area contributed by atoms with E-state index in [2.05, 4.69) is 20.3 Å². The van der Waals surface area contributed by atoms with Crippen LogP contribution in [0.2, 0.25) is 0 Å². The van der Waals surface area contributed by atoms with Gasteiger partial charge in [-0.1, -0.05) is 11.3 Å². The summed E-state index contributed by atoms with van der Waals surface area (Å²) in [6, 6.07) is -1.33. The second kappa shape index (κ2) is 8.51. The van der Waals surface area contributed by atoms with Crippen LogP contribution in [-0.2, 0) is 4.79 Å². The van der Waals surface area contributed by atoms with E-state index < -0.39 is 50.5 Å². The van der Waals surface area contributed by atoms with Crippen LogP contribution in [-0.4, -0.2) is 57.4 Å². The van der Waals surface area contributed by atoms with Gasteiger partial charge in [0.15, 0.2) is 5.13 Å². The summed E-state index contributed by atoms with van der Waals surface area (Å²) in [5.74, 6) is -1.30. The Hall–Kier alpha value is -2.75. The van der Waals surface area contributed by atoms with Crippen molar-refractivity contribution in [2.75, 3.05) is 29.8 Å². The number of carbonyl (C=O) groups excluding carboxylic acids is 2. The molecule has 3 rings (SSSR count). The minimum absolute atomic E-state index is 0.00173. The summed E-state index contributed by atoms with van der Waals surface area (Å²) in [4.78, 5) is 38.2. The van der Waals surface area contributed by atoms with Crippen molar-refractivity contribution in [3.8, 4) is 10.6 Å². The Balaban J connectivity index is 2.00. The van der Waals surface area contributed by atoms with Crippen LogP contribution in [0.25, 0.3) is 10.6 Å². The van der Waals surface area contributed by atoms with Crippen LogP contribution < -0.4 is 16.0 Å². The number of nitrogens with two attached hydrogens (primary N) is 1. The molecule has 28 heavy (non-hydrogen) atoms. The molecule has 3 N–H and O–H groups in total. The van der Waals surface area contributed by atoms with E-state index >= 15 is 0 Å². The summed E-state index contributed by atoms with van der Waals surface area (Å²) in [5, 5.41) is 2.71. The molecule has 10 heteroatoms. The molecular formula is C18H25N7O2S. The predicted molar refractivity (Wildman–Crippen MR) is 109 cm³/mol. The number of nitrogens with one attached hydrogen (secondary N) is 1. The highest BCUT2D eigenvalue weighted by Crippen LogP contribution is 2.32. The largest absolute Gasteiger partial charge is 0.368 e. The van der Waals surface area contributed by atoms with Crippen LogP contribution >= 0.6 is 11.3 Å². The van der Waals surface area contributed by atoms with Crippen molar-refractivity contribution in [3.05, 3.63) is 18.1 Å². The molecule has 1 atom stereocenters. The third-order valence-electron chi connectivity index (χ3n) is 4.16. The van der Waals surface area contributed by atoms with Gasteiger partial charge in [0, 0.05) is 33.2 Å². The number of aryl methyl sites for hydroxylation is 1. The van der Waals surface area contributed by atoms with Gasteiger partial charge in [0.2, 0.25) is 5.91 Å². The number of rotatable bonds is 6. The molecule has 150 valence electrons. The zero-order chi connectivity index (χ0) is 28.8. The van der Waals surface area contributed by atoms with Crippen LogP contribution in [0.3, 0.4) is 0 Å². The van der Waals surface area contributed by atoms with Crippen molar-refractivity contribution in [3.63, 3.8) is 0 Å². The molecule has 0 radical (unpaired) electrons. The molecule has 2 aromatic heterocycles. The van der Waals surface area contributed by atoms with E-state index in [0.29, 0.717) is 30.0 Å². The maximum Gasteiger partial charge on any atom is 0.324 e. The van der Waals surface area contributed by atoms with Gasteiger partial charge in [-0.25, -0.2) is 14.8 Å². The van der Waals surface area contributed by atoms with E-state index in [4.69, 9.17) is 19.4 Å². The van der Waals surface area contributed by atoms with Gasteiger partial charge in [-0.3, -0.25) is 15.1 Å². The first kappa shape index (κ1) is 10.7. The number of nitrogens with zero attached hydrogens (tertiary/aromatic N) is 5. The lowest BCUT2D eigenvalue weighted by atomic mass is 10.2. The highest BCUT2D eigenvalue weighted by Gasteiger charge is 2.33. The molecule has 1 fully saturated rings. The fourth-order valence-corrected chi connectivity index (χ4v) is 3.78. The lowest BCUT2D eigenvalue weighted by Gasteiger charge is -2.21. The molecule has 3 amide bonds. The average molecular weight is 414 g/mol. The molecule has 9 nitrogen and oxygen atoms in total. The van der Waals surface area contributed by atoms with E-state index in [1.54, 1.807) is 6.92 Å². The molecule has 0 aliphatic carbocycles. The van der Waals surface area contributed by atoms with Crippen molar-refractivity contribution >= 4 is 34.2 Å². The van der Waals surface area contributed by atoms with Gasteiger partial charge in [0.05, 0.1) is 23.0 Å². The molecule has 1 aliphatic heterocycles. The number of likely N-dealkylation sites (tertiary alicyclic amines) is 1. The first-order valence-electron chi connectivity index (χ1n) is 13.3.